The van der Waals surface area contributed by atoms with Gasteiger partial charge >= 0.3 is 0 Å². The quantitative estimate of drug-likeness (QED) is 0.779. The first-order valence-electron chi connectivity index (χ1n) is 7.27. The normalized spacial score (nSPS) is 41.1. The Balaban J connectivity index is 1.73. The highest BCUT2D eigenvalue weighted by Crippen LogP contribution is 2.44. The van der Waals surface area contributed by atoms with Gasteiger partial charge in [-0.1, -0.05) is 0 Å². The molecule has 20 heavy (non-hydrogen) atoms. The first kappa shape index (κ1) is 15.4. The van der Waals surface area contributed by atoms with Gasteiger partial charge in [0.1, 0.15) is 18.3 Å². The van der Waals surface area contributed by atoms with Gasteiger partial charge in [0.15, 0.2) is 11.6 Å². The molecule has 3 aliphatic rings. The minimum Gasteiger partial charge on any atom is -0.348 e. The lowest BCUT2D eigenvalue weighted by molar-refractivity contribution is -0.174. The summed E-state index contributed by atoms with van der Waals surface area (Å²) in [6.07, 6.45) is 1.27. The van der Waals surface area contributed by atoms with E-state index in [0.717, 1.165) is 0 Å². The van der Waals surface area contributed by atoms with Crippen molar-refractivity contribution < 1.29 is 18.9 Å². The van der Waals surface area contributed by atoms with Gasteiger partial charge in [-0.05, 0) is 45.6 Å². The van der Waals surface area contributed by atoms with Crippen molar-refractivity contribution in [1.82, 2.24) is 0 Å². The maximum Gasteiger partial charge on any atom is 0.163 e. The van der Waals surface area contributed by atoms with Crippen molar-refractivity contribution in [3.63, 3.8) is 0 Å². The largest absolute Gasteiger partial charge is 0.348 e. The van der Waals surface area contributed by atoms with Gasteiger partial charge in [0.25, 0.3) is 0 Å². The summed E-state index contributed by atoms with van der Waals surface area (Å²) in [5.74, 6) is 1.36. The summed E-state index contributed by atoms with van der Waals surface area (Å²) in [5, 5.41) is 0. The Hall–Kier alpha value is 0.540. The summed E-state index contributed by atoms with van der Waals surface area (Å²) in [7, 11) is 0. The van der Waals surface area contributed by atoms with Gasteiger partial charge in [-0.2, -0.15) is 0 Å². The fraction of sp³-hybridized carbons (Fsp3) is 1.00. The van der Waals surface area contributed by atoms with Crippen molar-refractivity contribution in [3.05, 3.63) is 0 Å². The first-order valence-corrected chi connectivity index (χ1v) is 9.37. The predicted octanol–water partition coefficient (Wildman–Crippen LogP) is 2.85. The zero-order valence-corrected chi connectivity index (χ0v) is 14.2. The molecule has 3 atom stereocenters. The lowest BCUT2D eigenvalue weighted by Gasteiger charge is -2.30. The first-order chi connectivity index (χ1) is 9.36. The maximum absolute atomic E-state index is 6.18. The van der Waals surface area contributed by atoms with Crippen LogP contribution < -0.4 is 0 Å². The average molecular weight is 320 g/mol. The molecule has 3 heterocycles. The fourth-order valence-electron chi connectivity index (χ4n) is 2.89. The molecule has 0 aromatic heterocycles. The Morgan fingerprint density at radius 3 is 2.10 bits per heavy atom. The molecule has 116 valence electrons. The molecule has 0 saturated carbocycles. The van der Waals surface area contributed by atoms with Crippen molar-refractivity contribution in [2.24, 2.45) is 0 Å². The maximum atomic E-state index is 6.18. The summed E-state index contributed by atoms with van der Waals surface area (Å²) in [6.45, 7) is 8.45. The van der Waals surface area contributed by atoms with E-state index in [9.17, 15) is 0 Å². The molecule has 3 saturated heterocycles. The van der Waals surface area contributed by atoms with Crippen LogP contribution in [-0.2, 0) is 18.9 Å². The highest BCUT2D eigenvalue weighted by molar-refractivity contribution is 8.17. The van der Waals surface area contributed by atoms with Crippen LogP contribution in [0.2, 0.25) is 0 Å². The van der Waals surface area contributed by atoms with Crippen LogP contribution in [0.4, 0.5) is 0 Å². The summed E-state index contributed by atoms with van der Waals surface area (Å²) >= 11 is 3.97. The van der Waals surface area contributed by atoms with E-state index < -0.39 is 11.6 Å². The molecule has 0 aliphatic carbocycles. The van der Waals surface area contributed by atoms with E-state index in [0.29, 0.717) is 11.2 Å². The molecule has 3 aliphatic heterocycles. The van der Waals surface area contributed by atoms with Crippen LogP contribution in [0.15, 0.2) is 0 Å². The monoisotopic (exact) mass is 320 g/mol. The van der Waals surface area contributed by atoms with Crippen LogP contribution in [0.1, 0.15) is 34.1 Å². The van der Waals surface area contributed by atoms with Crippen molar-refractivity contribution >= 4 is 23.5 Å². The van der Waals surface area contributed by atoms with Crippen LogP contribution in [0, 0.1) is 0 Å². The van der Waals surface area contributed by atoms with Gasteiger partial charge in [0, 0.05) is 0 Å². The third-order valence-electron chi connectivity index (χ3n) is 3.68. The smallest absolute Gasteiger partial charge is 0.163 e. The van der Waals surface area contributed by atoms with E-state index in [4.69, 9.17) is 18.9 Å². The fourth-order valence-corrected chi connectivity index (χ4v) is 5.92. The molecule has 0 spiro atoms. The topological polar surface area (TPSA) is 36.9 Å². The number of hydrogen-bond acceptors (Lipinski definition) is 6. The zero-order chi connectivity index (χ0) is 14.4. The van der Waals surface area contributed by atoms with Gasteiger partial charge in [0.05, 0.1) is 11.2 Å². The van der Waals surface area contributed by atoms with E-state index in [1.54, 1.807) is 0 Å². The van der Waals surface area contributed by atoms with Crippen LogP contribution >= 0.6 is 23.5 Å². The second-order valence-corrected chi connectivity index (χ2v) is 9.19. The van der Waals surface area contributed by atoms with E-state index in [1.165, 1.54) is 17.9 Å². The third-order valence-corrected chi connectivity index (χ3v) is 6.74. The minimum absolute atomic E-state index is 0.0418. The minimum atomic E-state index is -0.538. The van der Waals surface area contributed by atoms with Gasteiger partial charge in [-0.25, -0.2) is 0 Å². The molecule has 0 radical (unpaired) electrons. The number of ether oxygens (including phenoxy) is 4. The summed E-state index contributed by atoms with van der Waals surface area (Å²) < 4.78 is 24.5. The summed E-state index contributed by atoms with van der Waals surface area (Å²) in [5.41, 5.74) is 0. The van der Waals surface area contributed by atoms with Gasteiger partial charge in [-0.15, -0.1) is 23.5 Å². The van der Waals surface area contributed by atoms with Crippen molar-refractivity contribution in [1.29, 1.82) is 0 Å². The Kier molecular flexibility index (Phi) is 4.35. The molecule has 4 nitrogen and oxygen atoms in total. The van der Waals surface area contributed by atoms with E-state index in [1.807, 2.05) is 51.2 Å². The van der Waals surface area contributed by atoms with Crippen molar-refractivity contribution in [2.75, 3.05) is 18.1 Å². The molecule has 0 N–H and O–H groups in total. The standard InChI is InChI=1S/C14H24O4S2/c1-13(2)15-8-9(16-13)10-11(18-14(3,4)17-10)12-19-6-5-7-20-12/h9-12H,5-8H2,1-4H3/t9-,10-,11-/m1/s1. The zero-order valence-electron chi connectivity index (χ0n) is 12.6. The van der Waals surface area contributed by atoms with E-state index >= 15 is 0 Å². The van der Waals surface area contributed by atoms with Crippen LogP contribution in [0.25, 0.3) is 0 Å². The Labute approximate surface area is 129 Å². The van der Waals surface area contributed by atoms with Gasteiger partial charge < -0.3 is 18.9 Å². The van der Waals surface area contributed by atoms with E-state index in [2.05, 4.69) is 0 Å². The molecule has 0 unspecified atom stereocenters. The average Bonchev–Trinajstić information content (AvgIpc) is 2.90. The van der Waals surface area contributed by atoms with Gasteiger partial charge in [0.2, 0.25) is 0 Å². The lowest BCUT2D eigenvalue weighted by Crippen LogP contribution is -2.42. The Bertz CT molecular complexity index is 355. The molecular formula is C14H24O4S2. The van der Waals surface area contributed by atoms with Crippen molar-refractivity contribution in [2.45, 2.75) is 68.6 Å². The highest BCUT2D eigenvalue weighted by Gasteiger charge is 2.52. The predicted molar refractivity (Wildman–Crippen MR) is 82.1 cm³/mol. The number of hydrogen-bond donors (Lipinski definition) is 0. The van der Waals surface area contributed by atoms with Gasteiger partial charge in [-0.3, -0.25) is 0 Å². The number of rotatable bonds is 2. The van der Waals surface area contributed by atoms with Crippen LogP contribution in [-0.4, -0.2) is 52.6 Å². The molecule has 3 rings (SSSR count). The van der Waals surface area contributed by atoms with Crippen LogP contribution in [0.5, 0.6) is 0 Å². The molecule has 0 aromatic carbocycles. The molecule has 0 aromatic rings. The number of thioether (sulfide) groups is 2. The molecule has 0 amide bonds. The molecular weight excluding hydrogens is 296 g/mol. The summed E-state index contributed by atoms with van der Waals surface area (Å²) in [6, 6.07) is 0. The Morgan fingerprint density at radius 2 is 1.50 bits per heavy atom. The second kappa shape index (κ2) is 5.63. The third kappa shape index (κ3) is 3.31. The molecule has 0 bridgehead atoms. The second-order valence-electron chi connectivity index (χ2n) is 6.40. The Morgan fingerprint density at radius 1 is 0.850 bits per heavy atom. The highest BCUT2D eigenvalue weighted by atomic mass is 32.2. The SMILES string of the molecule is CC1(C)OC[C@H]([C@H]2OC(C)(C)O[C@H]2C2SCCCS2)O1. The van der Waals surface area contributed by atoms with E-state index in [-0.39, 0.29) is 18.3 Å². The van der Waals surface area contributed by atoms with Crippen LogP contribution in [0.3, 0.4) is 0 Å². The van der Waals surface area contributed by atoms with Crippen molar-refractivity contribution in [3.8, 4) is 0 Å². The molecule has 6 heteroatoms. The summed E-state index contributed by atoms with van der Waals surface area (Å²) in [4.78, 5) is 0. The molecule has 3 fully saturated rings. The lowest BCUT2D eigenvalue weighted by atomic mass is 10.1.